The van der Waals surface area contributed by atoms with Crippen LogP contribution in [0.1, 0.15) is 84.5 Å². The molecule has 1 nitrogen and oxygen atoms in total. The van der Waals surface area contributed by atoms with Crippen molar-refractivity contribution in [3.8, 4) is 0 Å². The number of aryl methyl sites for hydroxylation is 8. The number of nitrogens with zero attached hydrogens (tertiary/aromatic N) is 1. The summed E-state index contributed by atoms with van der Waals surface area (Å²) in [6, 6.07) is 43.4. The van der Waals surface area contributed by atoms with Gasteiger partial charge in [-0.15, -0.1) is 0 Å². The van der Waals surface area contributed by atoms with Gasteiger partial charge < -0.3 is 4.44 Å². The number of hydrogen-bond acceptors (Lipinski definition) is 1. The van der Waals surface area contributed by atoms with Crippen LogP contribution in [0.15, 0.2) is 97.1 Å². The summed E-state index contributed by atoms with van der Waals surface area (Å²) in [4.78, 5) is 0. The lowest BCUT2D eigenvalue weighted by Gasteiger charge is -2.42. The van der Waals surface area contributed by atoms with Gasteiger partial charge in [0.1, 0.15) is 0 Å². The Labute approximate surface area is 314 Å². The topological polar surface area (TPSA) is 3.24 Å². The number of rotatable bonds is 14. The van der Waals surface area contributed by atoms with Crippen LogP contribution in [-0.2, 0) is 0 Å². The van der Waals surface area contributed by atoms with Crippen molar-refractivity contribution in [2.75, 3.05) is 4.44 Å². The van der Waals surface area contributed by atoms with Crippen LogP contribution in [0.5, 0.6) is 0 Å². The van der Waals surface area contributed by atoms with Crippen LogP contribution in [0.2, 0.25) is 18.1 Å². The molecule has 0 aliphatic carbocycles. The summed E-state index contributed by atoms with van der Waals surface area (Å²) in [6.07, 6.45) is 3.82. The summed E-state index contributed by atoms with van der Waals surface area (Å²) in [6.45, 7) is 25.3. The molecule has 5 aromatic rings. The maximum Gasteiger partial charge on any atom is 0.0866 e. The van der Waals surface area contributed by atoms with Crippen LogP contribution in [0.25, 0.3) is 0 Å². The first-order chi connectivity index (χ1) is 24.4. The quantitative estimate of drug-likeness (QED) is 0.0812. The molecule has 0 saturated heterocycles. The largest absolute Gasteiger partial charge is 0.313 e. The van der Waals surface area contributed by atoms with Crippen molar-refractivity contribution in [1.29, 1.82) is 0 Å². The van der Waals surface area contributed by atoms with Gasteiger partial charge in [-0.25, -0.2) is 0 Å². The van der Waals surface area contributed by atoms with Crippen molar-refractivity contribution in [3.05, 3.63) is 142 Å². The van der Waals surface area contributed by atoms with Gasteiger partial charge in [0, 0.05) is 26.9 Å². The molecule has 0 aliphatic heterocycles. The third-order valence-electron chi connectivity index (χ3n) is 10.1. The molecule has 51 heavy (non-hydrogen) atoms. The fraction of sp³-hybridized carbons (Fsp3) is 0.362. The normalized spacial score (nSPS) is 11.9. The van der Waals surface area contributed by atoms with Crippen LogP contribution in [0.3, 0.4) is 0 Å². The zero-order valence-electron chi connectivity index (χ0n) is 33.3. The van der Waals surface area contributed by atoms with Crippen molar-refractivity contribution in [1.82, 2.24) is 0 Å². The minimum absolute atomic E-state index is 0.965. The van der Waals surface area contributed by atoms with E-state index in [0.717, 1.165) is 0 Å². The molecule has 0 radical (unpaired) electrons. The van der Waals surface area contributed by atoms with E-state index in [1.807, 2.05) is 0 Å². The average Bonchev–Trinajstić information content (AvgIpc) is 3.03. The lowest BCUT2D eigenvalue weighted by Crippen LogP contribution is -2.47. The van der Waals surface area contributed by atoms with Gasteiger partial charge in [-0.05, 0) is 116 Å². The summed E-state index contributed by atoms with van der Waals surface area (Å²) >= 11 is 0. The molecule has 5 rings (SSSR count). The predicted octanol–water partition coefficient (Wildman–Crippen LogP) is 11.9. The second-order valence-electron chi connectivity index (χ2n) is 15.4. The van der Waals surface area contributed by atoms with E-state index in [1.54, 1.807) is 5.19 Å². The lowest BCUT2D eigenvalue weighted by molar-refractivity contribution is 0.937. The maximum atomic E-state index is 2.90. The number of hydrogen-bond donors (Lipinski definition) is 0. The van der Waals surface area contributed by atoms with E-state index in [4.69, 9.17) is 0 Å². The van der Waals surface area contributed by atoms with E-state index in [-0.39, 0.29) is 0 Å². The van der Waals surface area contributed by atoms with Crippen LogP contribution >= 0.6 is 16.1 Å². The molecule has 0 amide bonds. The highest BCUT2D eigenvalue weighted by atomic mass is 31.2. The van der Waals surface area contributed by atoms with E-state index in [2.05, 4.69) is 178 Å². The first kappa shape index (κ1) is 39.2. The second kappa shape index (κ2) is 17.2. The zero-order chi connectivity index (χ0) is 36.9. The molecular weight excluding hydrogens is 669 g/mol. The summed E-state index contributed by atoms with van der Waals surface area (Å²) < 4.78 is 2.90. The van der Waals surface area contributed by atoms with Crippen LogP contribution < -0.4 is 30.8 Å². The van der Waals surface area contributed by atoms with Crippen LogP contribution in [0.4, 0.5) is 5.69 Å². The third-order valence-corrected chi connectivity index (χ3v) is 21.3. The fourth-order valence-electron chi connectivity index (χ4n) is 8.54. The highest BCUT2D eigenvalue weighted by Crippen LogP contribution is 2.57. The number of benzene rings is 5. The van der Waals surface area contributed by atoms with Gasteiger partial charge in [-0.3, -0.25) is 0 Å². The summed E-state index contributed by atoms with van der Waals surface area (Å²) in [5.41, 5.74) is 12.0. The standard InChI is InChI=1S/C47H61NP2Si/c1-12-19-51(20-13-2,21-14-3)47-17-15-42(16-18-47)48(49(43-26-34(4)22-35(5)27-43)44-28-36(6)23-37(7)29-44)50(45-30-38(8)24-39(9)31-45)46-32-40(10)25-41(11)33-46/h15-18,22-33H,12-14,19-21H2,1-11H3. The molecule has 0 spiro atoms. The van der Waals surface area contributed by atoms with Crippen molar-refractivity contribution in [2.24, 2.45) is 0 Å². The molecule has 0 aliphatic rings. The van der Waals surface area contributed by atoms with Gasteiger partial charge in [-0.1, -0.05) is 144 Å². The predicted molar refractivity (Wildman–Crippen MR) is 236 cm³/mol. The van der Waals surface area contributed by atoms with Gasteiger partial charge in [0.25, 0.3) is 0 Å². The molecule has 0 unspecified atom stereocenters. The van der Waals surface area contributed by atoms with Gasteiger partial charge in [0.15, 0.2) is 0 Å². The van der Waals surface area contributed by atoms with Gasteiger partial charge in [0.2, 0.25) is 0 Å². The van der Waals surface area contributed by atoms with E-state index < -0.39 is 24.2 Å². The van der Waals surface area contributed by atoms with E-state index in [0.29, 0.717) is 0 Å². The van der Waals surface area contributed by atoms with E-state index in [9.17, 15) is 0 Å². The molecule has 0 heterocycles. The fourth-order valence-corrected chi connectivity index (χ4v) is 20.7. The Balaban J connectivity index is 1.89. The number of anilines is 1. The molecule has 268 valence electrons. The minimum atomic E-state index is -1.61. The highest BCUT2D eigenvalue weighted by Gasteiger charge is 2.36. The zero-order valence-corrected chi connectivity index (χ0v) is 36.1. The molecule has 0 atom stereocenters. The van der Waals surface area contributed by atoms with Crippen LogP contribution in [0, 0.1) is 55.4 Å². The van der Waals surface area contributed by atoms with Crippen LogP contribution in [-0.4, -0.2) is 8.07 Å². The Morgan fingerprint density at radius 3 is 0.882 bits per heavy atom. The average molecular weight is 730 g/mol. The summed E-state index contributed by atoms with van der Waals surface area (Å²) in [5, 5.41) is 7.34. The molecule has 4 heteroatoms. The molecule has 0 N–H and O–H groups in total. The summed E-state index contributed by atoms with van der Waals surface area (Å²) in [7, 11) is -3.54. The Hall–Kier alpha value is -3.02. The molecule has 0 aromatic heterocycles. The van der Waals surface area contributed by atoms with Crippen molar-refractivity contribution < 1.29 is 0 Å². The van der Waals surface area contributed by atoms with Gasteiger partial charge in [0.05, 0.1) is 24.2 Å². The third kappa shape index (κ3) is 9.32. The molecule has 5 aromatic carbocycles. The SMILES string of the molecule is CCC[Si](CCC)(CCC)c1ccc(N(P(c2cc(C)cc(C)c2)c2cc(C)cc(C)c2)P(c2cc(C)cc(C)c2)c2cc(C)cc(C)c2)cc1. The first-order valence-corrected chi connectivity index (χ1v) is 24.4. The Bertz CT molecular complexity index is 1640. The Morgan fingerprint density at radius 1 is 0.392 bits per heavy atom. The smallest absolute Gasteiger partial charge is 0.0866 e. The Kier molecular flexibility index (Phi) is 13.2. The van der Waals surface area contributed by atoms with Crippen molar-refractivity contribution in [2.45, 2.75) is 114 Å². The molecular formula is C47H61NP2Si. The van der Waals surface area contributed by atoms with Crippen molar-refractivity contribution in [3.63, 3.8) is 0 Å². The van der Waals surface area contributed by atoms with Crippen molar-refractivity contribution >= 4 is 56.3 Å². The monoisotopic (exact) mass is 729 g/mol. The Morgan fingerprint density at radius 2 is 0.647 bits per heavy atom. The second-order valence-corrected chi connectivity index (χ2v) is 24.4. The van der Waals surface area contributed by atoms with Gasteiger partial charge >= 0.3 is 0 Å². The molecule has 0 fully saturated rings. The van der Waals surface area contributed by atoms with E-state index in [1.165, 1.54) is 109 Å². The van der Waals surface area contributed by atoms with E-state index >= 15 is 0 Å². The first-order valence-electron chi connectivity index (χ1n) is 19.2. The minimum Gasteiger partial charge on any atom is -0.313 e. The summed E-state index contributed by atoms with van der Waals surface area (Å²) in [5.74, 6) is 0. The lowest BCUT2D eigenvalue weighted by atomic mass is 10.2. The molecule has 0 saturated carbocycles. The molecule has 0 bridgehead atoms. The van der Waals surface area contributed by atoms with Gasteiger partial charge in [-0.2, -0.15) is 0 Å². The maximum absolute atomic E-state index is 2.90. The highest BCUT2D eigenvalue weighted by molar-refractivity contribution is 7.90.